The normalized spacial score (nSPS) is 14.0. The van der Waals surface area contributed by atoms with Crippen molar-refractivity contribution in [2.45, 2.75) is 26.4 Å². The van der Waals surface area contributed by atoms with E-state index < -0.39 is 0 Å². The van der Waals surface area contributed by atoms with E-state index in [1.807, 2.05) is 29.9 Å². The van der Waals surface area contributed by atoms with Crippen molar-refractivity contribution in [2.24, 2.45) is 0 Å². The standard InChI is InChI=1S/C23H22N8S/c1-15-12-31-20(18-9-25-26-10-18)11-24-23(31)22(27-15)28-21-8-19(29-32-21)14-30-7-6-16-4-2-3-5-17(16)13-30/h2-5,8-12H,6-7,13-14H2,1H3,(H,25,26)(H,27,28). The molecule has 5 heterocycles. The Morgan fingerprint density at radius 1 is 1.19 bits per heavy atom. The molecule has 1 aromatic carbocycles. The van der Waals surface area contributed by atoms with Crippen molar-refractivity contribution >= 4 is 28.0 Å². The van der Waals surface area contributed by atoms with Gasteiger partial charge in [-0.25, -0.2) is 9.97 Å². The third-order valence-corrected chi connectivity index (χ3v) is 6.54. The molecule has 1 aliphatic rings. The first-order chi connectivity index (χ1) is 15.7. The molecule has 0 bridgehead atoms. The second kappa shape index (κ2) is 7.85. The molecule has 0 amide bonds. The van der Waals surface area contributed by atoms with Gasteiger partial charge in [0.25, 0.3) is 0 Å². The first-order valence-electron chi connectivity index (χ1n) is 10.6. The number of hydrogen-bond donors (Lipinski definition) is 2. The van der Waals surface area contributed by atoms with E-state index in [4.69, 9.17) is 4.98 Å². The Kier molecular flexibility index (Phi) is 4.70. The minimum Gasteiger partial charge on any atom is -0.328 e. The summed E-state index contributed by atoms with van der Waals surface area (Å²) in [5.41, 5.74) is 7.59. The van der Waals surface area contributed by atoms with Gasteiger partial charge in [-0.15, -0.1) is 0 Å². The second-order valence-electron chi connectivity index (χ2n) is 8.09. The van der Waals surface area contributed by atoms with E-state index in [1.165, 1.54) is 22.7 Å². The largest absolute Gasteiger partial charge is 0.328 e. The SMILES string of the molecule is Cc1cn2c(-c3cn[nH]c3)cnc2c(Nc2cc(CN3CCc4ccccc4C3)ns2)n1. The summed E-state index contributed by atoms with van der Waals surface area (Å²) in [6, 6.07) is 10.8. The molecule has 0 unspecified atom stereocenters. The Labute approximate surface area is 189 Å². The number of hydrogen-bond acceptors (Lipinski definition) is 7. The van der Waals surface area contributed by atoms with Crippen LogP contribution in [0.4, 0.5) is 10.8 Å². The van der Waals surface area contributed by atoms with Crippen molar-refractivity contribution in [1.82, 2.24) is 33.8 Å². The summed E-state index contributed by atoms with van der Waals surface area (Å²) in [6.45, 7) is 4.86. The maximum atomic E-state index is 4.69. The van der Waals surface area contributed by atoms with Crippen LogP contribution >= 0.6 is 11.5 Å². The second-order valence-corrected chi connectivity index (χ2v) is 8.90. The number of benzene rings is 1. The first-order valence-corrected chi connectivity index (χ1v) is 11.4. The molecular weight excluding hydrogens is 420 g/mol. The average Bonchev–Trinajstić information content (AvgIpc) is 3.55. The lowest BCUT2D eigenvalue weighted by Crippen LogP contribution is -2.30. The highest BCUT2D eigenvalue weighted by atomic mass is 32.1. The quantitative estimate of drug-likeness (QED) is 0.425. The molecule has 8 nitrogen and oxygen atoms in total. The van der Waals surface area contributed by atoms with Gasteiger partial charge in [0.1, 0.15) is 5.00 Å². The van der Waals surface area contributed by atoms with Gasteiger partial charge >= 0.3 is 0 Å². The van der Waals surface area contributed by atoms with Gasteiger partial charge in [0.15, 0.2) is 11.5 Å². The zero-order valence-electron chi connectivity index (χ0n) is 17.6. The molecule has 0 radical (unpaired) electrons. The fourth-order valence-corrected chi connectivity index (χ4v) is 4.93. The minimum absolute atomic E-state index is 0.724. The molecule has 5 aromatic rings. The maximum absolute atomic E-state index is 4.69. The number of aromatic amines is 1. The van der Waals surface area contributed by atoms with Crippen molar-refractivity contribution in [3.05, 3.63) is 77.6 Å². The molecule has 9 heteroatoms. The summed E-state index contributed by atoms with van der Waals surface area (Å²) < 4.78 is 6.73. The zero-order valence-corrected chi connectivity index (χ0v) is 18.4. The summed E-state index contributed by atoms with van der Waals surface area (Å²) >= 11 is 1.46. The Hall–Kier alpha value is -3.56. The summed E-state index contributed by atoms with van der Waals surface area (Å²) in [4.78, 5) is 11.8. The number of anilines is 2. The minimum atomic E-state index is 0.724. The number of nitrogens with zero attached hydrogens (tertiary/aromatic N) is 6. The lowest BCUT2D eigenvalue weighted by atomic mass is 10.00. The molecule has 0 saturated heterocycles. The van der Waals surface area contributed by atoms with Gasteiger partial charge in [-0.05, 0) is 42.1 Å². The molecule has 0 atom stereocenters. The average molecular weight is 443 g/mol. The molecule has 4 aromatic heterocycles. The van der Waals surface area contributed by atoms with Crippen LogP contribution in [0.2, 0.25) is 0 Å². The van der Waals surface area contributed by atoms with Gasteiger partial charge in [0.05, 0.1) is 29.5 Å². The van der Waals surface area contributed by atoms with Crippen molar-refractivity contribution in [3.8, 4) is 11.3 Å². The van der Waals surface area contributed by atoms with Crippen LogP contribution in [-0.4, -0.2) is 40.4 Å². The Morgan fingerprint density at radius 2 is 2.09 bits per heavy atom. The number of fused-ring (bicyclic) bond motifs is 2. The van der Waals surface area contributed by atoms with Crippen molar-refractivity contribution in [2.75, 3.05) is 11.9 Å². The monoisotopic (exact) mass is 442 g/mol. The Morgan fingerprint density at radius 3 is 2.97 bits per heavy atom. The van der Waals surface area contributed by atoms with Crippen LogP contribution < -0.4 is 5.32 Å². The lowest BCUT2D eigenvalue weighted by Gasteiger charge is -2.27. The van der Waals surface area contributed by atoms with Gasteiger partial charge in [-0.1, -0.05) is 24.3 Å². The maximum Gasteiger partial charge on any atom is 0.180 e. The van der Waals surface area contributed by atoms with E-state index in [9.17, 15) is 0 Å². The molecule has 1 aliphatic heterocycles. The third-order valence-electron chi connectivity index (χ3n) is 5.80. The molecule has 0 spiro atoms. The highest BCUT2D eigenvalue weighted by molar-refractivity contribution is 7.10. The predicted octanol–water partition coefficient (Wildman–Crippen LogP) is 4.19. The van der Waals surface area contributed by atoms with Crippen LogP contribution in [0.15, 0.2) is 55.1 Å². The number of aryl methyl sites for hydroxylation is 1. The Balaban J connectivity index is 1.22. The number of nitrogens with one attached hydrogen (secondary N) is 2. The smallest absolute Gasteiger partial charge is 0.180 e. The molecule has 0 saturated carbocycles. The van der Waals surface area contributed by atoms with Crippen LogP contribution in [0.3, 0.4) is 0 Å². The third kappa shape index (κ3) is 3.55. The fourth-order valence-electron chi connectivity index (χ4n) is 4.28. The highest BCUT2D eigenvalue weighted by Crippen LogP contribution is 2.28. The highest BCUT2D eigenvalue weighted by Gasteiger charge is 2.18. The number of imidazole rings is 1. The van der Waals surface area contributed by atoms with Crippen LogP contribution in [0.25, 0.3) is 16.9 Å². The Bertz CT molecular complexity index is 1380. The predicted molar refractivity (Wildman–Crippen MR) is 125 cm³/mol. The van der Waals surface area contributed by atoms with E-state index in [2.05, 4.69) is 60.1 Å². The van der Waals surface area contributed by atoms with Crippen LogP contribution in [-0.2, 0) is 19.5 Å². The van der Waals surface area contributed by atoms with Gasteiger partial charge in [-0.2, -0.15) is 9.47 Å². The zero-order chi connectivity index (χ0) is 21.5. The van der Waals surface area contributed by atoms with Crippen LogP contribution in [0.5, 0.6) is 0 Å². The summed E-state index contributed by atoms with van der Waals surface area (Å²) in [6.07, 6.45) is 8.58. The molecule has 160 valence electrons. The van der Waals surface area contributed by atoms with Gasteiger partial charge in [-0.3, -0.25) is 14.4 Å². The van der Waals surface area contributed by atoms with Gasteiger partial charge in [0, 0.05) is 37.6 Å². The van der Waals surface area contributed by atoms with Crippen molar-refractivity contribution in [3.63, 3.8) is 0 Å². The molecule has 0 fully saturated rings. The van der Waals surface area contributed by atoms with Gasteiger partial charge in [0.2, 0.25) is 0 Å². The van der Waals surface area contributed by atoms with E-state index in [1.54, 1.807) is 6.20 Å². The fraction of sp³-hybridized carbons (Fsp3) is 0.217. The summed E-state index contributed by atoms with van der Waals surface area (Å²) in [5, 5.41) is 11.3. The van der Waals surface area contributed by atoms with Crippen LogP contribution in [0.1, 0.15) is 22.5 Å². The molecule has 6 rings (SSSR count). The van der Waals surface area contributed by atoms with Crippen LogP contribution in [0, 0.1) is 6.92 Å². The van der Waals surface area contributed by atoms with Crippen molar-refractivity contribution < 1.29 is 0 Å². The van der Waals surface area contributed by atoms with E-state index in [0.717, 1.165) is 65.2 Å². The number of aromatic nitrogens is 6. The summed E-state index contributed by atoms with van der Waals surface area (Å²) in [5.74, 6) is 0.724. The van der Waals surface area contributed by atoms with Gasteiger partial charge < -0.3 is 5.32 Å². The molecular formula is C23H22N8S. The summed E-state index contributed by atoms with van der Waals surface area (Å²) in [7, 11) is 0. The van der Waals surface area contributed by atoms with E-state index in [0.29, 0.717) is 0 Å². The van der Waals surface area contributed by atoms with E-state index in [-0.39, 0.29) is 0 Å². The first kappa shape index (κ1) is 19.1. The topological polar surface area (TPSA) is 87.0 Å². The molecule has 0 aliphatic carbocycles. The number of rotatable bonds is 5. The number of H-pyrrole nitrogens is 1. The van der Waals surface area contributed by atoms with E-state index >= 15 is 0 Å². The molecule has 2 N–H and O–H groups in total. The molecule has 32 heavy (non-hydrogen) atoms. The lowest BCUT2D eigenvalue weighted by molar-refractivity contribution is 0.243. The van der Waals surface area contributed by atoms with Crippen molar-refractivity contribution in [1.29, 1.82) is 0 Å².